The molecule has 1 heterocycles. The first-order valence-corrected chi connectivity index (χ1v) is 7.62. The predicted molar refractivity (Wildman–Crippen MR) is 86.5 cm³/mol. The largest absolute Gasteiger partial charge is 0.457 e. The van der Waals surface area contributed by atoms with E-state index in [1.54, 1.807) is 42.5 Å². The summed E-state index contributed by atoms with van der Waals surface area (Å²) in [5, 5.41) is 1.14. The third-order valence-electron chi connectivity index (χ3n) is 3.34. The van der Waals surface area contributed by atoms with E-state index in [-0.39, 0.29) is 6.10 Å². The van der Waals surface area contributed by atoms with Crippen LogP contribution in [0.1, 0.15) is 12.5 Å². The fraction of sp³-hybridized carbons (Fsp3) is 0.235. The van der Waals surface area contributed by atoms with Gasteiger partial charge in [0.15, 0.2) is 5.79 Å². The second-order valence-corrected chi connectivity index (χ2v) is 6.03. The Labute approximate surface area is 139 Å². The summed E-state index contributed by atoms with van der Waals surface area (Å²) < 4.78 is 17.1. The minimum absolute atomic E-state index is 0.0152. The minimum atomic E-state index is -1.06. The normalized spacial score (nSPS) is 24.5. The van der Waals surface area contributed by atoms with Gasteiger partial charge in [-0.2, -0.15) is 0 Å². The molecule has 0 saturated carbocycles. The first-order valence-electron chi connectivity index (χ1n) is 6.87. The van der Waals surface area contributed by atoms with Crippen LogP contribution in [0.2, 0.25) is 10.0 Å². The van der Waals surface area contributed by atoms with Crippen LogP contribution in [0, 0.1) is 6.92 Å². The molecule has 2 aromatic rings. The van der Waals surface area contributed by atoms with Gasteiger partial charge in [-0.25, -0.2) is 0 Å². The molecule has 0 spiro atoms. The average molecular weight is 338 g/mol. The van der Waals surface area contributed by atoms with Crippen LogP contribution in [0.15, 0.2) is 42.5 Å². The van der Waals surface area contributed by atoms with E-state index in [2.05, 4.69) is 6.92 Å². The summed E-state index contributed by atoms with van der Waals surface area (Å²) in [7, 11) is 0. The highest BCUT2D eigenvalue weighted by Crippen LogP contribution is 2.39. The Morgan fingerprint density at radius 1 is 1.14 bits per heavy atom. The lowest BCUT2D eigenvalue weighted by atomic mass is 10.1. The van der Waals surface area contributed by atoms with Gasteiger partial charge >= 0.3 is 0 Å². The maximum Gasteiger partial charge on any atom is 0.196 e. The van der Waals surface area contributed by atoms with E-state index in [0.29, 0.717) is 33.7 Å². The third-order valence-corrected chi connectivity index (χ3v) is 3.91. The van der Waals surface area contributed by atoms with Crippen molar-refractivity contribution in [3.8, 4) is 11.5 Å². The molecule has 1 fully saturated rings. The number of hydrogen-bond donors (Lipinski definition) is 0. The van der Waals surface area contributed by atoms with Crippen LogP contribution in [0.4, 0.5) is 0 Å². The molecule has 22 heavy (non-hydrogen) atoms. The maximum absolute atomic E-state index is 6.34. The van der Waals surface area contributed by atoms with Gasteiger partial charge in [0.2, 0.25) is 0 Å². The maximum atomic E-state index is 6.34. The zero-order valence-corrected chi connectivity index (χ0v) is 13.5. The van der Waals surface area contributed by atoms with E-state index in [4.69, 9.17) is 37.4 Å². The molecular weight excluding hydrogens is 323 g/mol. The Kier molecular flexibility index (Phi) is 4.33. The van der Waals surface area contributed by atoms with Gasteiger partial charge in [0.1, 0.15) is 11.5 Å². The summed E-state index contributed by atoms with van der Waals surface area (Å²) in [5.74, 6) is 0.236. The molecule has 0 aliphatic carbocycles. The van der Waals surface area contributed by atoms with Crippen molar-refractivity contribution in [2.24, 2.45) is 0 Å². The van der Waals surface area contributed by atoms with E-state index in [0.717, 1.165) is 0 Å². The second-order valence-electron chi connectivity index (χ2n) is 5.19. The molecule has 0 unspecified atom stereocenters. The highest BCUT2D eigenvalue weighted by Gasteiger charge is 2.38. The number of benzene rings is 2. The number of ether oxygens (including phenoxy) is 3. The standard InChI is InChI=1S/C17H15Cl2O3/c1-11-10-20-17(2,22-11)15-8-7-14(9-16(15)19)21-13-5-3-12(18)4-6-13/h3-9,11H,2,10H2,1H3/t11-,17+/m0/s1. The Morgan fingerprint density at radius 2 is 1.82 bits per heavy atom. The monoisotopic (exact) mass is 337 g/mol. The molecule has 1 aliphatic rings. The van der Waals surface area contributed by atoms with Crippen molar-refractivity contribution >= 4 is 23.2 Å². The lowest BCUT2D eigenvalue weighted by Crippen LogP contribution is -2.24. The van der Waals surface area contributed by atoms with Crippen LogP contribution < -0.4 is 4.74 Å². The van der Waals surface area contributed by atoms with Gasteiger partial charge in [-0.05, 0) is 49.4 Å². The van der Waals surface area contributed by atoms with Gasteiger partial charge in [-0.3, -0.25) is 0 Å². The average Bonchev–Trinajstić information content (AvgIpc) is 2.82. The lowest BCUT2D eigenvalue weighted by Gasteiger charge is -2.24. The Hall–Kier alpha value is -1.26. The van der Waals surface area contributed by atoms with Gasteiger partial charge in [0.25, 0.3) is 0 Å². The van der Waals surface area contributed by atoms with Crippen molar-refractivity contribution in [3.05, 3.63) is 65.0 Å². The molecule has 3 nitrogen and oxygen atoms in total. The van der Waals surface area contributed by atoms with E-state index < -0.39 is 5.79 Å². The highest BCUT2D eigenvalue weighted by atomic mass is 35.5. The van der Waals surface area contributed by atoms with Gasteiger partial charge in [-0.15, -0.1) is 0 Å². The molecular formula is C17H15Cl2O3. The van der Waals surface area contributed by atoms with Crippen molar-refractivity contribution < 1.29 is 14.2 Å². The first kappa shape index (κ1) is 15.6. The molecule has 5 heteroatoms. The van der Waals surface area contributed by atoms with E-state index in [1.165, 1.54) is 0 Å². The van der Waals surface area contributed by atoms with Crippen molar-refractivity contribution in [1.29, 1.82) is 0 Å². The van der Waals surface area contributed by atoms with Crippen LogP contribution in [0.5, 0.6) is 11.5 Å². The van der Waals surface area contributed by atoms with Crippen LogP contribution >= 0.6 is 23.2 Å². The third kappa shape index (κ3) is 3.23. The SMILES string of the molecule is [CH2][C@@]1(c2ccc(Oc3ccc(Cl)cc3)cc2Cl)OC[C@H](C)O1. The summed E-state index contributed by atoms with van der Waals surface area (Å²) in [6.07, 6.45) is -0.0152. The second kappa shape index (κ2) is 6.09. The van der Waals surface area contributed by atoms with Gasteiger partial charge < -0.3 is 14.2 Å². The van der Waals surface area contributed by atoms with Crippen molar-refractivity contribution in [1.82, 2.24) is 0 Å². The van der Waals surface area contributed by atoms with Gasteiger partial charge in [-0.1, -0.05) is 23.2 Å². The fourth-order valence-corrected chi connectivity index (χ4v) is 2.73. The Morgan fingerprint density at radius 3 is 2.41 bits per heavy atom. The minimum Gasteiger partial charge on any atom is -0.457 e. The molecule has 115 valence electrons. The highest BCUT2D eigenvalue weighted by molar-refractivity contribution is 6.31. The van der Waals surface area contributed by atoms with Crippen LogP contribution in [0.25, 0.3) is 0 Å². The summed E-state index contributed by atoms with van der Waals surface area (Å²) in [4.78, 5) is 0. The Bertz CT molecular complexity index is 672. The molecule has 0 aromatic heterocycles. The number of hydrogen-bond acceptors (Lipinski definition) is 3. The quantitative estimate of drug-likeness (QED) is 0.769. The van der Waals surface area contributed by atoms with Gasteiger partial charge in [0.05, 0.1) is 17.7 Å². The topological polar surface area (TPSA) is 27.7 Å². The van der Waals surface area contributed by atoms with Crippen molar-refractivity contribution in [2.75, 3.05) is 6.61 Å². The van der Waals surface area contributed by atoms with E-state index >= 15 is 0 Å². The van der Waals surface area contributed by atoms with E-state index in [9.17, 15) is 0 Å². The number of halogens is 2. The molecule has 1 aliphatic heterocycles. The Balaban J connectivity index is 1.82. The molecule has 0 amide bonds. The predicted octanol–water partition coefficient (Wildman–Crippen LogP) is 5.21. The zero-order valence-electron chi connectivity index (χ0n) is 12.0. The lowest BCUT2D eigenvalue weighted by molar-refractivity contribution is -0.136. The summed E-state index contributed by atoms with van der Waals surface area (Å²) in [5.41, 5.74) is 0.682. The molecule has 1 saturated heterocycles. The van der Waals surface area contributed by atoms with Crippen molar-refractivity contribution in [2.45, 2.75) is 18.8 Å². The van der Waals surface area contributed by atoms with Crippen LogP contribution in [-0.2, 0) is 15.3 Å². The summed E-state index contributed by atoms with van der Waals surface area (Å²) in [6, 6.07) is 12.4. The first-order chi connectivity index (χ1) is 10.5. The van der Waals surface area contributed by atoms with Crippen LogP contribution in [-0.4, -0.2) is 12.7 Å². The van der Waals surface area contributed by atoms with Gasteiger partial charge in [0, 0.05) is 17.5 Å². The molecule has 3 rings (SSSR count). The fourth-order valence-electron chi connectivity index (χ4n) is 2.29. The smallest absolute Gasteiger partial charge is 0.196 e. The summed E-state index contributed by atoms with van der Waals surface area (Å²) in [6.45, 7) is 6.41. The molecule has 0 N–H and O–H groups in total. The molecule has 2 aromatic carbocycles. The molecule has 2 atom stereocenters. The number of rotatable bonds is 3. The van der Waals surface area contributed by atoms with E-state index in [1.807, 2.05) is 6.92 Å². The molecule has 0 bridgehead atoms. The van der Waals surface area contributed by atoms with Crippen molar-refractivity contribution in [3.63, 3.8) is 0 Å². The molecule has 1 radical (unpaired) electrons. The summed E-state index contributed by atoms with van der Waals surface area (Å²) >= 11 is 12.2. The zero-order chi connectivity index (χ0) is 15.7. The van der Waals surface area contributed by atoms with Crippen LogP contribution in [0.3, 0.4) is 0 Å².